The van der Waals surface area contributed by atoms with Gasteiger partial charge >= 0.3 is 12.3 Å². The van der Waals surface area contributed by atoms with E-state index in [4.69, 9.17) is 16.7 Å². The van der Waals surface area contributed by atoms with E-state index in [2.05, 4.69) is 4.98 Å². The number of alkyl halides is 3. The number of carbonyl (C=O) groups is 3. The van der Waals surface area contributed by atoms with Crippen LogP contribution in [0.25, 0.3) is 0 Å². The fourth-order valence-corrected chi connectivity index (χ4v) is 3.92. The van der Waals surface area contributed by atoms with Crippen molar-refractivity contribution in [2.24, 2.45) is 0 Å². The van der Waals surface area contributed by atoms with Crippen molar-refractivity contribution >= 4 is 41.0 Å². The van der Waals surface area contributed by atoms with E-state index >= 15 is 0 Å². The molecule has 2 heterocycles. The van der Waals surface area contributed by atoms with Gasteiger partial charge in [-0.15, -0.1) is 0 Å². The Labute approximate surface area is 196 Å². The molecular formula is C21H19ClF4N4O4. The highest BCUT2D eigenvalue weighted by molar-refractivity contribution is 6.31. The van der Waals surface area contributed by atoms with Gasteiger partial charge in [-0.25, -0.2) is 14.2 Å². The molecule has 1 aliphatic rings. The van der Waals surface area contributed by atoms with Gasteiger partial charge in [-0.2, -0.15) is 13.2 Å². The summed E-state index contributed by atoms with van der Waals surface area (Å²) in [5, 5.41) is 10.8. The molecule has 13 heteroatoms. The minimum atomic E-state index is -4.75. The number of amides is 3. The molecule has 8 nitrogen and oxygen atoms in total. The van der Waals surface area contributed by atoms with E-state index in [0.29, 0.717) is 6.07 Å². The summed E-state index contributed by atoms with van der Waals surface area (Å²) in [5.41, 5.74) is -0.952. The Morgan fingerprint density at radius 1 is 1.29 bits per heavy atom. The lowest BCUT2D eigenvalue weighted by Gasteiger charge is -2.29. The number of benzene rings is 1. The molecule has 182 valence electrons. The van der Waals surface area contributed by atoms with Crippen molar-refractivity contribution in [2.45, 2.75) is 38.5 Å². The van der Waals surface area contributed by atoms with Gasteiger partial charge in [0.25, 0.3) is 5.91 Å². The molecule has 1 aliphatic heterocycles. The monoisotopic (exact) mass is 502 g/mol. The van der Waals surface area contributed by atoms with Crippen molar-refractivity contribution < 1.29 is 37.1 Å². The molecule has 2 atom stereocenters. The number of anilines is 2. The molecule has 0 aliphatic carbocycles. The lowest BCUT2D eigenvalue weighted by molar-refractivity contribution is -0.137. The van der Waals surface area contributed by atoms with Crippen molar-refractivity contribution in [2.75, 3.05) is 16.3 Å². The van der Waals surface area contributed by atoms with Gasteiger partial charge in [0.05, 0.1) is 10.6 Å². The summed E-state index contributed by atoms with van der Waals surface area (Å²) in [6.45, 7) is 2.93. The SMILES string of the molecule is CCN(C(=O)[C@@H]1C[C@H](NC(=O)O)C(=O)N1c1cc(C(F)(F)F)cc(C)n1)c1ccc(F)c(Cl)c1. The molecule has 3 rings (SSSR count). The predicted octanol–water partition coefficient (Wildman–Crippen LogP) is 4.00. The first-order valence-corrected chi connectivity index (χ1v) is 10.4. The van der Waals surface area contributed by atoms with Gasteiger partial charge in [0, 0.05) is 24.3 Å². The zero-order valence-electron chi connectivity index (χ0n) is 17.9. The number of aromatic nitrogens is 1. The second-order valence-corrected chi connectivity index (χ2v) is 7.90. The van der Waals surface area contributed by atoms with E-state index in [9.17, 15) is 31.9 Å². The Kier molecular flexibility index (Phi) is 7.01. The number of aryl methyl sites for hydroxylation is 1. The van der Waals surface area contributed by atoms with Gasteiger partial charge in [-0.1, -0.05) is 11.6 Å². The molecule has 2 aromatic rings. The molecule has 1 aromatic carbocycles. The highest BCUT2D eigenvalue weighted by Gasteiger charge is 2.47. The average molecular weight is 503 g/mol. The molecular weight excluding hydrogens is 484 g/mol. The average Bonchev–Trinajstić information content (AvgIpc) is 3.05. The highest BCUT2D eigenvalue weighted by Crippen LogP contribution is 2.35. The van der Waals surface area contributed by atoms with Crippen molar-refractivity contribution in [3.05, 3.63) is 52.4 Å². The standard InChI is InChI=1S/C21H19ClF4N4O4/c1-3-29(12-4-5-14(23)13(22)8-12)19(32)16-9-15(28-20(33)34)18(31)30(16)17-7-11(21(24,25)26)6-10(2)27-17/h4-8,15-16,28H,3,9H2,1-2H3,(H,33,34)/t15-,16-/m0/s1. The van der Waals surface area contributed by atoms with Gasteiger partial charge < -0.3 is 15.3 Å². The quantitative estimate of drug-likeness (QED) is 0.602. The third kappa shape index (κ3) is 5.06. The van der Waals surface area contributed by atoms with Crippen molar-refractivity contribution in [1.82, 2.24) is 10.3 Å². The number of hydrogen-bond acceptors (Lipinski definition) is 4. The number of nitrogens with zero attached hydrogens (tertiary/aromatic N) is 3. The van der Waals surface area contributed by atoms with E-state index < -0.39 is 53.4 Å². The van der Waals surface area contributed by atoms with Crippen LogP contribution in [0, 0.1) is 12.7 Å². The summed E-state index contributed by atoms with van der Waals surface area (Å²) < 4.78 is 53.7. The zero-order valence-corrected chi connectivity index (χ0v) is 18.6. The molecule has 3 amide bonds. The van der Waals surface area contributed by atoms with Crippen molar-refractivity contribution in [3.63, 3.8) is 0 Å². The maximum Gasteiger partial charge on any atom is 0.416 e. The summed E-state index contributed by atoms with van der Waals surface area (Å²) in [6, 6.07) is 2.15. The van der Waals surface area contributed by atoms with E-state index in [1.165, 1.54) is 24.0 Å². The largest absolute Gasteiger partial charge is 0.465 e. The maximum atomic E-state index is 13.6. The van der Waals surface area contributed by atoms with Crippen LogP contribution in [0.1, 0.15) is 24.6 Å². The molecule has 0 bridgehead atoms. The lowest BCUT2D eigenvalue weighted by atomic mass is 10.1. The Balaban J connectivity index is 2.08. The van der Waals surface area contributed by atoms with Crippen LogP contribution < -0.4 is 15.1 Å². The highest BCUT2D eigenvalue weighted by atomic mass is 35.5. The van der Waals surface area contributed by atoms with Gasteiger partial charge in [0.1, 0.15) is 23.7 Å². The Morgan fingerprint density at radius 3 is 2.53 bits per heavy atom. The molecule has 0 unspecified atom stereocenters. The molecule has 0 radical (unpaired) electrons. The summed E-state index contributed by atoms with van der Waals surface area (Å²) >= 11 is 5.82. The third-order valence-corrected chi connectivity index (χ3v) is 5.49. The minimum absolute atomic E-state index is 0.0470. The van der Waals surface area contributed by atoms with Crippen molar-refractivity contribution in [1.29, 1.82) is 0 Å². The second kappa shape index (κ2) is 9.45. The number of nitrogens with one attached hydrogen (secondary N) is 1. The van der Waals surface area contributed by atoms with Crippen molar-refractivity contribution in [3.8, 4) is 0 Å². The van der Waals surface area contributed by atoms with Crippen LogP contribution in [-0.4, -0.2) is 46.6 Å². The number of carbonyl (C=O) groups excluding carboxylic acids is 2. The van der Waals surface area contributed by atoms with Crippen LogP contribution in [0.4, 0.5) is 33.9 Å². The van der Waals surface area contributed by atoms with Gasteiger partial charge in [0.15, 0.2) is 0 Å². The summed E-state index contributed by atoms with van der Waals surface area (Å²) in [5.74, 6) is -2.83. The number of halogens is 5. The molecule has 34 heavy (non-hydrogen) atoms. The van der Waals surface area contributed by atoms with Crippen LogP contribution in [0.2, 0.25) is 5.02 Å². The fraction of sp³-hybridized carbons (Fsp3) is 0.333. The lowest BCUT2D eigenvalue weighted by Crippen LogP contribution is -2.48. The number of hydrogen-bond donors (Lipinski definition) is 2. The molecule has 0 spiro atoms. The van der Waals surface area contributed by atoms with Gasteiger partial charge in [-0.05, 0) is 44.2 Å². The maximum absolute atomic E-state index is 13.6. The number of rotatable bonds is 5. The fourth-order valence-electron chi connectivity index (χ4n) is 3.74. The first-order chi connectivity index (χ1) is 15.8. The van der Waals surface area contributed by atoms with Crippen LogP contribution >= 0.6 is 11.6 Å². The number of carboxylic acid groups (broad SMARTS) is 1. The molecule has 2 N–H and O–H groups in total. The molecule has 0 saturated carbocycles. The second-order valence-electron chi connectivity index (χ2n) is 7.50. The minimum Gasteiger partial charge on any atom is -0.465 e. The first-order valence-electron chi connectivity index (χ1n) is 9.98. The van der Waals surface area contributed by atoms with Crippen LogP contribution in [0.15, 0.2) is 30.3 Å². The topological polar surface area (TPSA) is 103 Å². The van der Waals surface area contributed by atoms with E-state index in [1.807, 2.05) is 5.32 Å². The molecule has 1 saturated heterocycles. The molecule has 1 fully saturated rings. The van der Waals surface area contributed by atoms with E-state index in [-0.39, 0.29) is 29.4 Å². The molecule has 1 aromatic heterocycles. The normalized spacial score (nSPS) is 18.2. The Bertz CT molecular complexity index is 1140. The Hall–Kier alpha value is -3.41. The zero-order chi connectivity index (χ0) is 25.4. The predicted molar refractivity (Wildman–Crippen MR) is 114 cm³/mol. The van der Waals surface area contributed by atoms with E-state index in [0.717, 1.165) is 17.0 Å². The third-order valence-electron chi connectivity index (χ3n) is 5.20. The van der Waals surface area contributed by atoms with E-state index in [1.54, 1.807) is 6.92 Å². The smallest absolute Gasteiger partial charge is 0.416 e. The van der Waals surface area contributed by atoms with Crippen LogP contribution in [-0.2, 0) is 15.8 Å². The van der Waals surface area contributed by atoms with Gasteiger partial charge in [0.2, 0.25) is 5.91 Å². The number of likely N-dealkylation sites (N-methyl/N-ethyl adjacent to an activating group) is 1. The summed E-state index contributed by atoms with van der Waals surface area (Å²) in [4.78, 5) is 43.6. The number of pyridine rings is 1. The first kappa shape index (κ1) is 25.2. The van der Waals surface area contributed by atoms with Gasteiger partial charge in [-0.3, -0.25) is 14.5 Å². The summed E-state index contributed by atoms with van der Waals surface area (Å²) in [6.07, 6.45) is -6.65. The van der Waals surface area contributed by atoms with Crippen LogP contribution in [0.3, 0.4) is 0 Å². The summed E-state index contributed by atoms with van der Waals surface area (Å²) in [7, 11) is 0. The Morgan fingerprint density at radius 2 is 1.97 bits per heavy atom. The van der Waals surface area contributed by atoms with Crippen LogP contribution in [0.5, 0.6) is 0 Å².